The normalized spacial score (nSPS) is 12.3. The molecule has 0 saturated carbocycles. The molecule has 9 N–H and O–H groups in total. The molecule has 2 rings (SSSR count). The van der Waals surface area contributed by atoms with Crippen molar-refractivity contribution in [1.29, 1.82) is 0 Å². The van der Waals surface area contributed by atoms with E-state index in [1.54, 1.807) is 37.4 Å². The van der Waals surface area contributed by atoms with Crippen molar-refractivity contribution in [1.82, 2.24) is 5.32 Å². The van der Waals surface area contributed by atoms with Crippen LogP contribution >= 0.6 is 0 Å². The Morgan fingerprint density at radius 3 is 1.95 bits per heavy atom. The largest absolute Gasteiger partial charge is 0.496 e. The number of benzene rings is 2. The van der Waals surface area contributed by atoms with Gasteiger partial charge in [0.2, 0.25) is 11.8 Å². The molecule has 0 bridgehead atoms. The molecule has 2 atom stereocenters. The van der Waals surface area contributed by atoms with Gasteiger partial charge in [0.15, 0.2) is 0 Å². The van der Waals surface area contributed by atoms with Gasteiger partial charge in [0.05, 0.1) is 25.8 Å². The van der Waals surface area contributed by atoms with Crippen molar-refractivity contribution in [2.45, 2.75) is 57.5 Å². The molecule has 0 radical (unpaired) electrons. The first-order valence-electron chi connectivity index (χ1n) is 13.1. The van der Waals surface area contributed by atoms with Gasteiger partial charge in [0.1, 0.15) is 17.5 Å². The SMILES string of the molecule is COc1ccc(NC(=O)[C@H](CCCCN)NC(=O)c2cc(NC(=O)[C@@H](N)CCCCN)ccc2OC)cc1C. The number of carbonyl (C=O) groups excluding carboxylic acids is 3. The van der Waals surface area contributed by atoms with E-state index in [2.05, 4.69) is 16.0 Å². The maximum absolute atomic E-state index is 13.3. The Morgan fingerprint density at radius 2 is 1.36 bits per heavy atom. The number of carbonyl (C=O) groups is 3. The summed E-state index contributed by atoms with van der Waals surface area (Å²) >= 11 is 0. The van der Waals surface area contributed by atoms with Crippen molar-refractivity contribution >= 4 is 29.1 Å². The Morgan fingerprint density at radius 1 is 0.795 bits per heavy atom. The van der Waals surface area contributed by atoms with E-state index in [9.17, 15) is 14.4 Å². The molecule has 39 heavy (non-hydrogen) atoms. The fraction of sp³-hybridized carbons (Fsp3) is 0.464. The Hall–Kier alpha value is -3.67. The molecule has 2 aromatic carbocycles. The van der Waals surface area contributed by atoms with Crippen LogP contribution < -0.4 is 42.6 Å². The highest BCUT2D eigenvalue weighted by Crippen LogP contribution is 2.24. The zero-order valence-electron chi connectivity index (χ0n) is 23.0. The minimum atomic E-state index is -0.828. The molecule has 0 aliphatic heterocycles. The van der Waals surface area contributed by atoms with Gasteiger partial charge in [-0.25, -0.2) is 0 Å². The van der Waals surface area contributed by atoms with Gasteiger partial charge in [-0.1, -0.05) is 6.42 Å². The zero-order valence-corrected chi connectivity index (χ0v) is 23.0. The van der Waals surface area contributed by atoms with Crippen molar-refractivity contribution in [2.24, 2.45) is 17.2 Å². The molecule has 0 aromatic heterocycles. The standard InChI is InChI=1S/C28H42N6O5/c1-18-16-19(10-12-24(18)38-2)33-28(37)23(9-5-7-15-30)34-26(35)21-17-20(11-13-25(21)39-3)32-27(36)22(31)8-4-6-14-29/h10-13,16-17,22-23H,4-9,14-15,29-31H2,1-3H3,(H,32,36)(H,33,37)(H,34,35)/t22-,23-/m0/s1. The molecule has 0 spiro atoms. The highest BCUT2D eigenvalue weighted by Gasteiger charge is 2.24. The average molecular weight is 543 g/mol. The predicted octanol–water partition coefficient (Wildman–Crippen LogP) is 2.27. The molecule has 0 aliphatic carbocycles. The van der Waals surface area contributed by atoms with Crippen LogP contribution in [0.4, 0.5) is 11.4 Å². The van der Waals surface area contributed by atoms with Crippen LogP contribution in [0.25, 0.3) is 0 Å². The summed E-state index contributed by atoms with van der Waals surface area (Å²) in [6.07, 6.45) is 3.76. The first kappa shape index (κ1) is 31.5. The third-order valence-corrected chi connectivity index (χ3v) is 6.25. The summed E-state index contributed by atoms with van der Waals surface area (Å²) in [5.74, 6) is -0.246. The second-order valence-electron chi connectivity index (χ2n) is 9.28. The minimum Gasteiger partial charge on any atom is -0.496 e. The van der Waals surface area contributed by atoms with E-state index in [1.165, 1.54) is 13.2 Å². The second-order valence-corrected chi connectivity index (χ2v) is 9.28. The van der Waals surface area contributed by atoms with Crippen LogP contribution in [-0.2, 0) is 9.59 Å². The van der Waals surface area contributed by atoms with Crippen LogP contribution in [0.2, 0.25) is 0 Å². The van der Waals surface area contributed by atoms with Gasteiger partial charge in [-0.3, -0.25) is 14.4 Å². The first-order valence-corrected chi connectivity index (χ1v) is 13.1. The Kier molecular flexibility index (Phi) is 13.2. The number of rotatable bonds is 16. The summed E-state index contributed by atoms with van der Waals surface area (Å²) in [6, 6.07) is 8.47. The van der Waals surface area contributed by atoms with Crippen molar-refractivity contribution in [3.8, 4) is 11.5 Å². The van der Waals surface area contributed by atoms with Crippen LogP contribution in [0.3, 0.4) is 0 Å². The number of nitrogens with one attached hydrogen (secondary N) is 3. The third-order valence-electron chi connectivity index (χ3n) is 6.25. The van der Waals surface area contributed by atoms with Gasteiger partial charge in [0, 0.05) is 11.4 Å². The second kappa shape index (κ2) is 16.3. The number of aryl methyl sites for hydroxylation is 1. The van der Waals surface area contributed by atoms with Gasteiger partial charge in [-0.2, -0.15) is 0 Å². The van der Waals surface area contributed by atoms with E-state index in [4.69, 9.17) is 26.7 Å². The maximum Gasteiger partial charge on any atom is 0.255 e. The number of methoxy groups -OCH3 is 2. The Bertz CT molecular complexity index is 1110. The quantitative estimate of drug-likeness (QED) is 0.174. The summed E-state index contributed by atoms with van der Waals surface area (Å²) in [7, 11) is 3.02. The number of hydrogen-bond donors (Lipinski definition) is 6. The summed E-state index contributed by atoms with van der Waals surface area (Å²) in [4.78, 5) is 39.1. The van der Waals surface area contributed by atoms with Crippen LogP contribution in [-0.4, -0.2) is 57.1 Å². The maximum atomic E-state index is 13.3. The van der Waals surface area contributed by atoms with E-state index in [1.807, 2.05) is 6.92 Å². The fourth-order valence-corrected chi connectivity index (χ4v) is 4.02. The van der Waals surface area contributed by atoms with Crippen molar-refractivity contribution < 1.29 is 23.9 Å². The number of hydrogen-bond acceptors (Lipinski definition) is 8. The molecular formula is C28H42N6O5. The molecule has 0 saturated heterocycles. The molecule has 11 heteroatoms. The number of anilines is 2. The topological polar surface area (TPSA) is 184 Å². The van der Waals surface area contributed by atoms with E-state index in [0.29, 0.717) is 61.6 Å². The highest BCUT2D eigenvalue weighted by molar-refractivity contribution is 6.04. The lowest BCUT2D eigenvalue weighted by Gasteiger charge is -2.20. The fourth-order valence-electron chi connectivity index (χ4n) is 4.02. The van der Waals surface area contributed by atoms with Crippen molar-refractivity contribution in [3.63, 3.8) is 0 Å². The smallest absolute Gasteiger partial charge is 0.255 e. The van der Waals surface area contributed by atoms with Crippen LogP contribution in [0.5, 0.6) is 11.5 Å². The van der Waals surface area contributed by atoms with E-state index < -0.39 is 18.0 Å². The number of unbranched alkanes of at least 4 members (excludes halogenated alkanes) is 2. The third kappa shape index (κ3) is 9.86. The highest BCUT2D eigenvalue weighted by atomic mass is 16.5. The van der Waals surface area contributed by atoms with Gasteiger partial charge in [0.25, 0.3) is 5.91 Å². The van der Waals surface area contributed by atoms with E-state index in [-0.39, 0.29) is 17.4 Å². The van der Waals surface area contributed by atoms with Gasteiger partial charge in [-0.05, 0) is 94.1 Å². The molecule has 0 heterocycles. The summed E-state index contributed by atoms with van der Waals surface area (Å²) < 4.78 is 10.7. The van der Waals surface area contributed by atoms with Crippen molar-refractivity contribution in [3.05, 3.63) is 47.5 Å². The molecule has 3 amide bonds. The monoisotopic (exact) mass is 542 g/mol. The lowest BCUT2D eigenvalue weighted by atomic mass is 10.1. The summed E-state index contributed by atoms with van der Waals surface area (Å²) in [5.41, 5.74) is 19.1. The van der Waals surface area contributed by atoms with E-state index >= 15 is 0 Å². The molecule has 0 aliphatic rings. The molecule has 0 unspecified atom stereocenters. The summed E-state index contributed by atoms with van der Waals surface area (Å²) in [6.45, 7) is 2.89. The lowest BCUT2D eigenvalue weighted by Crippen LogP contribution is -2.44. The number of ether oxygens (including phenoxy) is 2. The van der Waals surface area contributed by atoms with E-state index in [0.717, 1.165) is 18.4 Å². The first-order chi connectivity index (χ1) is 18.7. The van der Waals surface area contributed by atoms with Crippen LogP contribution in [0.1, 0.15) is 54.4 Å². The number of amides is 3. The van der Waals surface area contributed by atoms with Crippen molar-refractivity contribution in [2.75, 3.05) is 37.9 Å². The molecule has 214 valence electrons. The van der Waals surface area contributed by atoms with Crippen LogP contribution in [0, 0.1) is 6.92 Å². The molecule has 2 aromatic rings. The molecule has 0 fully saturated rings. The van der Waals surface area contributed by atoms with Gasteiger partial charge in [-0.15, -0.1) is 0 Å². The lowest BCUT2D eigenvalue weighted by molar-refractivity contribution is -0.118. The van der Waals surface area contributed by atoms with Crippen LogP contribution in [0.15, 0.2) is 36.4 Å². The zero-order chi connectivity index (χ0) is 28.8. The average Bonchev–Trinajstić information content (AvgIpc) is 2.92. The number of nitrogens with two attached hydrogens (primary N) is 3. The molecular weight excluding hydrogens is 500 g/mol. The molecule has 11 nitrogen and oxygen atoms in total. The minimum absolute atomic E-state index is 0.170. The van der Waals surface area contributed by atoms with Gasteiger partial charge < -0.3 is 42.6 Å². The summed E-state index contributed by atoms with van der Waals surface area (Å²) in [5, 5.41) is 8.43. The Labute approximate surface area is 230 Å². The predicted molar refractivity (Wildman–Crippen MR) is 153 cm³/mol. The van der Waals surface area contributed by atoms with Gasteiger partial charge >= 0.3 is 0 Å². The Balaban J connectivity index is 2.19.